The highest BCUT2D eigenvalue weighted by molar-refractivity contribution is 7.99. The van der Waals surface area contributed by atoms with Gasteiger partial charge >= 0.3 is 0 Å². The van der Waals surface area contributed by atoms with Crippen LogP contribution >= 0.6 is 11.8 Å². The van der Waals surface area contributed by atoms with Crippen LogP contribution in [-0.4, -0.2) is 36.9 Å². The Kier molecular flexibility index (Phi) is 5.03. The number of hydrogen-bond donors (Lipinski definition) is 1. The van der Waals surface area contributed by atoms with Crippen molar-refractivity contribution in [1.29, 1.82) is 0 Å². The summed E-state index contributed by atoms with van der Waals surface area (Å²) in [4.78, 5) is 14.8. The van der Waals surface area contributed by atoms with Crippen molar-refractivity contribution < 1.29 is 4.79 Å². The molecule has 1 amide bonds. The van der Waals surface area contributed by atoms with E-state index in [0.29, 0.717) is 24.3 Å². The summed E-state index contributed by atoms with van der Waals surface area (Å²) in [5.41, 5.74) is 6.77. The molecule has 0 aliphatic heterocycles. The van der Waals surface area contributed by atoms with Crippen molar-refractivity contribution in [1.82, 2.24) is 19.7 Å². The molecule has 1 aromatic heterocycles. The first-order valence-corrected chi connectivity index (χ1v) is 9.52. The monoisotopic (exact) mass is 359 g/mol. The van der Waals surface area contributed by atoms with Gasteiger partial charge in [0.2, 0.25) is 11.9 Å². The molecule has 1 heterocycles. The van der Waals surface area contributed by atoms with Crippen LogP contribution in [0.1, 0.15) is 45.2 Å². The zero-order valence-corrected chi connectivity index (χ0v) is 15.8. The predicted octanol–water partition coefficient (Wildman–Crippen LogP) is 3.11. The maximum absolute atomic E-state index is 12.9. The van der Waals surface area contributed by atoms with E-state index in [1.165, 1.54) is 11.8 Å². The predicted molar refractivity (Wildman–Crippen MR) is 100 cm³/mol. The lowest BCUT2D eigenvalue weighted by molar-refractivity contribution is -0.133. The maximum atomic E-state index is 12.9. The van der Waals surface area contributed by atoms with Crippen molar-refractivity contribution in [3.05, 3.63) is 35.9 Å². The average molecular weight is 359 g/mol. The number of carbonyl (C=O) groups excluding carboxylic acids is 1. The Morgan fingerprint density at radius 1 is 1.28 bits per heavy atom. The quantitative estimate of drug-likeness (QED) is 0.802. The molecule has 1 aliphatic carbocycles. The third-order valence-electron chi connectivity index (χ3n) is 4.22. The summed E-state index contributed by atoms with van der Waals surface area (Å²) in [5.74, 6) is 0.856. The van der Waals surface area contributed by atoms with Gasteiger partial charge in [0.1, 0.15) is 0 Å². The molecule has 0 radical (unpaired) electrons. The summed E-state index contributed by atoms with van der Waals surface area (Å²) in [6, 6.07) is 10.5. The van der Waals surface area contributed by atoms with Crippen LogP contribution in [-0.2, 0) is 11.3 Å². The highest BCUT2D eigenvalue weighted by Crippen LogP contribution is 2.39. The van der Waals surface area contributed by atoms with E-state index in [-0.39, 0.29) is 11.4 Å². The van der Waals surface area contributed by atoms with Gasteiger partial charge in [0, 0.05) is 18.1 Å². The Labute approximate surface area is 152 Å². The van der Waals surface area contributed by atoms with Crippen molar-refractivity contribution in [2.45, 2.75) is 56.9 Å². The molecule has 1 saturated carbocycles. The van der Waals surface area contributed by atoms with Gasteiger partial charge in [-0.2, -0.15) is 0 Å². The fourth-order valence-corrected chi connectivity index (χ4v) is 3.62. The Morgan fingerprint density at radius 3 is 2.56 bits per heavy atom. The molecule has 0 saturated heterocycles. The number of nitrogens with two attached hydrogens (primary N) is 1. The fourth-order valence-electron chi connectivity index (χ4n) is 2.73. The molecule has 2 N–H and O–H groups in total. The number of thioether (sulfide) groups is 1. The molecule has 6 nitrogen and oxygen atoms in total. The van der Waals surface area contributed by atoms with E-state index in [1.807, 2.05) is 39.8 Å². The van der Waals surface area contributed by atoms with Gasteiger partial charge in [-0.3, -0.25) is 9.36 Å². The van der Waals surface area contributed by atoms with Gasteiger partial charge in [0.15, 0.2) is 5.16 Å². The highest BCUT2D eigenvalue weighted by atomic mass is 32.2. The summed E-state index contributed by atoms with van der Waals surface area (Å²) in [7, 11) is 0. The van der Waals surface area contributed by atoms with Gasteiger partial charge in [-0.1, -0.05) is 42.1 Å². The van der Waals surface area contributed by atoms with Crippen LogP contribution in [0.5, 0.6) is 0 Å². The van der Waals surface area contributed by atoms with Crippen molar-refractivity contribution in [3.8, 4) is 0 Å². The SMILES string of the molecule is CC(C)(C)N(Cc1ccccc1)C(=O)CSc1nnc(N)n1C1CC1. The normalized spacial score (nSPS) is 14.5. The zero-order chi connectivity index (χ0) is 18.0. The van der Waals surface area contributed by atoms with Crippen LogP contribution in [0, 0.1) is 0 Å². The van der Waals surface area contributed by atoms with Gasteiger partial charge in [0.05, 0.1) is 5.75 Å². The largest absolute Gasteiger partial charge is 0.368 e. The Hall–Kier alpha value is -2.02. The minimum absolute atomic E-state index is 0.0882. The molecule has 2 aromatic rings. The molecule has 134 valence electrons. The minimum Gasteiger partial charge on any atom is -0.368 e. The second-order valence-corrected chi connectivity index (χ2v) is 8.31. The lowest BCUT2D eigenvalue weighted by Crippen LogP contribution is -2.45. The van der Waals surface area contributed by atoms with Crippen molar-refractivity contribution >= 4 is 23.6 Å². The molecule has 0 spiro atoms. The third kappa shape index (κ3) is 4.34. The van der Waals surface area contributed by atoms with E-state index < -0.39 is 0 Å². The summed E-state index contributed by atoms with van der Waals surface area (Å²) < 4.78 is 1.95. The Morgan fingerprint density at radius 2 is 1.96 bits per heavy atom. The number of nitrogens with zero attached hydrogens (tertiary/aromatic N) is 4. The molecule has 25 heavy (non-hydrogen) atoms. The van der Waals surface area contributed by atoms with Gasteiger partial charge < -0.3 is 10.6 Å². The second kappa shape index (κ2) is 7.07. The summed E-state index contributed by atoms with van der Waals surface area (Å²) in [6.45, 7) is 6.77. The molecule has 0 atom stereocenters. The topological polar surface area (TPSA) is 77.0 Å². The summed E-state index contributed by atoms with van der Waals surface area (Å²) in [6.07, 6.45) is 2.21. The second-order valence-electron chi connectivity index (χ2n) is 7.37. The first-order chi connectivity index (χ1) is 11.9. The Balaban J connectivity index is 1.68. The van der Waals surface area contributed by atoms with Crippen LogP contribution in [0.2, 0.25) is 0 Å². The average Bonchev–Trinajstić information content (AvgIpc) is 3.33. The summed E-state index contributed by atoms with van der Waals surface area (Å²) in [5, 5.41) is 8.83. The van der Waals surface area contributed by atoms with Crippen LogP contribution < -0.4 is 5.73 Å². The number of carbonyl (C=O) groups is 1. The molecular formula is C18H25N5OS. The van der Waals surface area contributed by atoms with Crippen molar-refractivity contribution in [2.75, 3.05) is 11.5 Å². The molecule has 1 aliphatic rings. The van der Waals surface area contributed by atoms with Gasteiger partial charge in [-0.15, -0.1) is 10.2 Å². The number of benzene rings is 1. The Bertz CT molecular complexity index is 734. The molecule has 1 aromatic carbocycles. The fraction of sp³-hybridized carbons (Fsp3) is 0.500. The van der Waals surface area contributed by atoms with E-state index >= 15 is 0 Å². The van der Waals surface area contributed by atoms with Gasteiger partial charge in [-0.05, 0) is 39.2 Å². The molecule has 3 rings (SSSR count). The number of nitrogen functional groups attached to an aromatic ring is 1. The molecular weight excluding hydrogens is 334 g/mol. The number of amides is 1. The van der Waals surface area contributed by atoms with E-state index in [1.54, 1.807) is 0 Å². The standard InChI is InChI=1S/C18H25N5OS/c1-18(2,3)22(11-13-7-5-4-6-8-13)15(24)12-25-17-21-20-16(19)23(17)14-9-10-14/h4-8,14H,9-12H2,1-3H3,(H2,19,20). The van der Waals surface area contributed by atoms with Crippen LogP contribution in [0.3, 0.4) is 0 Å². The summed E-state index contributed by atoms with van der Waals surface area (Å²) >= 11 is 1.42. The van der Waals surface area contributed by atoms with E-state index in [2.05, 4.69) is 31.0 Å². The molecule has 0 bridgehead atoms. The van der Waals surface area contributed by atoms with Crippen LogP contribution in [0.15, 0.2) is 35.5 Å². The number of rotatable bonds is 6. The van der Waals surface area contributed by atoms with E-state index in [9.17, 15) is 4.79 Å². The smallest absolute Gasteiger partial charge is 0.233 e. The zero-order valence-electron chi connectivity index (χ0n) is 15.0. The first-order valence-electron chi connectivity index (χ1n) is 8.54. The maximum Gasteiger partial charge on any atom is 0.233 e. The van der Waals surface area contributed by atoms with Crippen molar-refractivity contribution in [2.24, 2.45) is 0 Å². The third-order valence-corrected chi connectivity index (χ3v) is 5.15. The highest BCUT2D eigenvalue weighted by Gasteiger charge is 2.30. The van der Waals surface area contributed by atoms with Gasteiger partial charge in [-0.25, -0.2) is 0 Å². The lowest BCUT2D eigenvalue weighted by Gasteiger charge is -2.36. The molecule has 7 heteroatoms. The lowest BCUT2D eigenvalue weighted by atomic mass is 10.0. The van der Waals surface area contributed by atoms with E-state index in [0.717, 1.165) is 23.6 Å². The molecule has 0 unspecified atom stereocenters. The van der Waals surface area contributed by atoms with Crippen LogP contribution in [0.25, 0.3) is 0 Å². The van der Waals surface area contributed by atoms with Crippen molar-refractivity contribution in [3.63, 3.8) is 0 Å². The number of anilines is 1. The van der Waals surface area contributed by atoms with Crippen LogP contribution in [0.4, 0.5) is 5.95 Å². The van der Waals surface area contributed by atoms with Gasteiger partial charge in [0.25, 0.3) is 0 Å². The minimum atomic E-state index is -0.253. The first kappa shape index (κ1) is 17.8. The van der Waals surface area contributed by atoms with E-state index in [4.69, 9.17) is 5.73 Å². The molecule has 1 fully saturated rings. The number of hydrogen-bond acceptors (Lipinski definition) is 5. The number of aromatic nitrogens is 3.